The molecular weight excluding hydrogens is 249 g/mol. The zero-order valence-electron chi connectivity index (χ0n) is 7.97. The standard InChI is InChI=1S/C10H13BrFNO/c1-7(13)5-14-6-8-4-9(11)2-3-10(8)12/h2-4,7H,5-6,13H2,1H3. The molecule has 2 nitrogen and oxygen atoms in total. The van der Waals surface area contributed by atoms with Gasteiger partial charge in [0, 0.05) is 16.1 Å². The van der Waals surface area contributed by atoms with Gasteiger partial charge in [-0.1, -0.05) is 15.9 Å². The maximum Gasteiger partial charge on any atom is 0.128 e. The number of nitrogens with two attached hydrogens (primary N) is 1. The molecule has 1 aromatic rings. The molecule has 4 heteroatoms. The van der Waals surface area contributed by atoms with Gasteiger partial charge in [-0.2, -0.15) is 0 Å². The van der Waals surface area contributed by atoms with Crippen LogP contribution in [0, 0.1) is 5.82 Å². The Labute approximate surface area is 91.4 Å². The Morgan fingerprint density at radius 1 is 1.57 bits per heavy atom. The van der Waals surface area contributed by atoms with Crippen LogP contribution in [0.15, 0.2) is 22.7 Å². The van der Waals surface area contributed by atoms with Crippen LogP contribution < -0.4 is 5.73 Å². The molecule has 0 fully saturated rings. The summed E-state index contributed by atoms with van der Waals surface area (Å²) < 4.78 is 19.2. The van der Waals surface area contributed by atoms with Gasteiger partial charge < -0.3 is 10.5 Å². The first-order chi connectivity index (χ1) is 6.59. The predicted octanol–water partition coefficient (Wildman–Crippen LogP) is 2.45. The van der Waals surface area contributed by atoms with Gasteiger partial charge in [-0.05, 0) is 25.1 Å². The number of benzene rings is 1. The van der Waals surface area contributed by atoms with Crippen LogP contribution in [0.5, 0.6) is 0 Å². The molecule has 0 bridgehead atoms. The summed E-state index contributed by atoms with van der Waals surface area (Å²) in [4.78, 5) is 0. The normalized spacial score (nSPS) is 12.9. The van der Waals surface area contributed by atoms with Gasteiger partial charge in [0.15, 0.2) is 0 Å². The lowest BCUT2D eigenvalue weighted by Gasteiger charge is -2.07. The average molecular weight is 262 g/mol. The summed E-state index contributed by atoms with van der Waals surface area (Å²) in [6.45, 7) is 2.54. The van der Waals surface area contributed by atoms with Crippen molar-refractivity contribution in [3.05, 3.63) is 34.1 Å². The molecule has 0 spiro atoms. The summed E-state index contributed by atoms with van der Waals surface area (Å²) in [6.07, 6.45) is 0. The fraction of sp³-hybridized carbons (Fsp3) is 0.400. The van der Waals surface area contributed by atoms with Crippen LogP contribution in [0.1, 0.15) is 12.5 Å². The topological polar surface area (TPSA) is 35.2 Å². The van der Waals surface area contributed by atoms with Crippen LogP contribution in [0.2, 0.25) is 0 Å². The lowest BCUT2D eigenvalue weighted by atomic mass is 10.2. The van der Waals surface area contributed by atoms with Crippen molar-refractivity contribution in [3.63, 3.8) is 0 Å². The number of ether oxygens (including phenoxy) is 1. The highest BCUT2D eigenvalue weighted by molar-refractivity contribution is 9.10. The third-order valence-corrected chi connectivity index (χ3v) is 2.14. The first-order valence-corrected chi connectivity index (χ1v) is 5.16. The molecule has 1 atom stereocenters. The maximum absolute atomic E-state index is 13.2. The van der Waals surface area contributed by atoms with E-state index < -0.39 is 0 Å². The van der Waals surface area contributed by atoms with Crippen molar-refractivity contribution < 1.29 is 9.13 Å². The van der Waals surface area contributed by atoms with Crippen LogP contribution in [0.25, 0.3) is 0 Å². The highest BCUT2D eigenvalue weighted by Crippen LogP contribution is 2.16. The van der Waals surface area contributed by atoms with Crippen LogP contribution in [0.3, 0.4) is 0 Å². The van der Waals surface area contributed by atoms with E-state index in [9.17, 15) is 4.39 Å². The minimum Gasteiger partial charge on any atom is -0.375 e. The molecule has 0 aromatic heterocycles. The van der Waals surface area contributed by atoms with E-state index in [0.717, 1.165) is 4.47 Å². The van der Waals surface area contributed by atoms with Gasteiger partial charge in [0.2, 0.25) is 0 Å². The van der Waals surface area contributed by atoms with E-state index in [1.54, 1.807) is 12.1 Å². The van der Waals surface area contributed by atoms with Gasteiger partial charge in [-0.15, -0.1) is 0 Å². The number of hydrogen-bond acceptors (Lipinski definition) is 2. The Morgan fingerprint density at radius 2 is 2.29 bits per heavy atom. The second-order valence-electron chi connectivity index (χ2n) is 3.23. The zero-order chi connectivity index (χ0) is 10.6. The average Bonchev–Trinajstić information content (AvgIpc) is 2.10. The first-order valence-electron chi connectivity index (χ1n) is 4.37. The van der Waals surface area contributed by atoms with E-state index in [2.05, 4.69) is 15.9 Å². The van der Waals surface area contributed by atoms with Crippen LogP contribution >= 0.6 is 15.9 Å². The smallest absolute Gasteiger partial charge is 0.128 e. The second-order valence-corrected chi connectivity index (χ2v) is 4.14. The SMILES string of the molecule is CC(N)COCc1cc(Br)ccc1F. The molecule has 2 N–H and O–H groups in total. The van der Waals surface area contributed by atoms with E-state index in [0.29, 0.717) is 12.2 Å². The molecule has 1 rings (SSSR count). The van der Waals surface area contributed by atoms with Crippen LogP contribution in [-0.4, -0.2) is 12.6 Å². The minimum absolute atomic E-state index is 0.0229. The van der Waals surface area contributed by atoms with Gasteiger partial charge in [0.25, 0.3) is 0 Å². The van der Waals surface area contributed by atoms with Crippen molar-refractivity contribution in [2.45, 2.75) is 19.6 Å². The first kappa shape index (κ1) is 11.6. The molecule has 0 aliphatic rings. The summed E-state index contributed by atoms with van der Waals surface area (Å²) in [6, 6.07) is 4.75. The molecule has 1 aromatic carbocycles. The summed E-state index contributed by atoms with van der Waals surface area (Å²) >= 11 is 3.27. The summed E-state index contributed by atoms with van der Waals surface area (Å²) in [5.74, 6) is -0.252. The molecule has 0 radical (unpaired) electrons. The van der Waals surface area contributed by atoms with E-state index >= 15 is 0 Å². The quantitative estimate of drug-likeness (QED) is 0.904. The Morgan fingerprint density at radius 3 is 2.93 bits per heavy atom. The summed E-state index contributed by atoms with van der Waals surface area (Å²) in [5, 5.41) is 0. The fourth-order valence-corrected chi connectivity index (χ4v) is 1.42. The van der Waals surface area contributed by atoms with Crippen molar-refractivity contribution in [1.29, 1.82) is 0 Å². The van der Waals surface area contributed by atoms with E-state index in [1.165, 1.54) is 6.07 Å². The highest BCUT2D eigenvalue weighted by Gasteiger charge is 2.03. The lowest BCUT2D eigenvalue weighted by Crippen LogP contribution is -2.21. The van der Waals surface area contributed by atoms with Crippen LogP contribution in [-0.2, 0) is 11.3 Å². The molecule has 0 aliphatic heterocycles. The molecule has 14 heavy (non-hydrogen) atoms. The van der Waals surface area contributed by atoms with Crippen molar-refractivity contribution in [2.24, 2.45) is 5.73 Å². The Kier molecular flexibility index (Phi) is 4.51. The van der Waals surface area contributed by atoms with Crippen LogP contribution in [0.4, 0.5) is 4.39 Å². The number of rotatable bonds is 4. The Balaban J connectivity index is 2.53. The molecule has 1 unspecified atom stereocenters. The van der Waals surface area contributed by atoms with Gasteiger partial charge in [-0.3, -0.25) is 0 Å². The molecule has 0 saturated heterocycles. The Bertz CT molecular complexity index is 304. The Hall–Kier alpha value is -0.450. The van der Waals surface area contributed by atoms with E-state index in [1.807, 2.05) is 6.92 Å². The predicted molar refractivity (Wildman–Crippen MR) is 57.4 cm³/mol. The third kappa shape index (κ3) is 3.74. The van der Waals surface area contributed by atoms with E-state index in [4.69, 9.17) is 10.5 Å². The minimum atomic E-state index is -0.252. The van der Waals surface area contributed by atoms with Gasteiger partial charge >= 0.3 is 0 Å². The maximum atomic E-state index is 13.2. The summed E-state index contributed by atoms with van der Waals surface area (Å²) in [7, 11) is 0. The number of hydrogen-bond donors (Lipinski definition) is 1. The van der Waals surface area contributed by atoms with Crippen molar-refractivity contribution in [3.8, 4) is 0 Å². The molecular formula is C10H13BrFNO. The molecule has 0 amide bonds. The molecule has 78 valence electrons. The highest BCUT2D eigenvalue weighted by atomic mass is 79.9. The van der Waals surface area contributed by atoms with Gasteiger partial charge in [0.1, 0.15) is 5.82 Å². The third-order valence-electron chi connectivity index (χ3n) is 1.65. The van der Waals surface area contributed by atoms with E-state index in [-0.39, 0.29) is 18.5 Å². The number of halogens is 2. The monoisotopic (exact) mass is 261 g/mol. The zero-order valence-corrected chi connectivity index (χ0v) is 9.55. The largest absolute Gasteiger partial charge is 0.375 e. The summed E-state index contributed by atoms with van der Waals surface area (Å²) in [5.41, 5.74) is 6.04. The van der Waals surface area contributed by atoms with Crippen molar-refractivity contribution in [2.75, 3.05) is 6.61 Å². The van der Waals surface area contributed by atoms with Crippen molar-refractivity contribution >= 4 is 15.9 Å². The molecule has 0 heterocycles. The fourth-order valence-electron chi connectivity index (χ4n) is 1.01. The molecule has 0 saturated carbocycles. The van der Waals surface area contributed by atoms with Gasteiger partial charge in [-0.25, -0.2) is 4.39 Å². The van der Waals surface area contributed by atoms with Crippen molar-refractivity contribution in [1.82, 2.24) is 0 Å². The van der Waals surface area contributed by atoms with Gasteiger partial charge in [0.05, 0.1) is 13.2 Å². The molecule has 0 aliphatic carbocycles. The lowest BCUT2D eigenvalue weighted by molar-refractivity contribution is 0.109. The second kappa shape index (κ2) is 5.44.